The number of carbonyl (C=O) groups is 2. The third-order valence-corrected chi connectivity index (χ3v) is 5.03. The summed E-state index contributed by atoms with van der Waals surface area (Å²) in [6, 6.07) is 0.161. The van der Waals surface area contributed by atoms with E-state index in [2.05, 4.69) is 5.32 Å². The second-order valence-corrected chi connectivity index (χ2v) is 6.51. The van der Waals surface area contributed by atoms with E-state index in [9.17, 15) is 9.59 Å². The van der Waals surface area contributed by atoms with Gasteiger partial charge in [-0.1, -0.05) is 6.92 Å². The van der Waals surface area contributed by atoms with Gasteiger partial charge < -0.3 is 15.0 Å². The number of ether oxygens (including phenoxy) is 1. The molecule has 5 nitrogen and oxygen atoms in total. The van der Waals surface area contributed by atoms with Crippen molar-refractivity contribution in [2.75, 3.05) is 13.2 Å². The van der Waals surface area contributed by atoms with E-state index in [0.29, 0.717) is 25.3 Å². The highest BCUT2D eigenvalue weighted by Crippen LogP contribution is 2.41. The number of amides is 2. The first kappa shape index (κ1) is 13.9. The van der Waals surface area contributed by atoms with Gasteiger partial charge in [0.1, 0.15) is 5.54 Å². The second kappa shape index (κ2) is 5.02. The third-order valence-electron chi connectivity index (χ3n) is 5.03. The fourth-order valence-electron chi connectivity index (χ4n) is 3.43. The van der Waals surface area contributed by atoms with Gasteiger partial charge in [-0.3, -0.25) is 9.59 Å². The minimum atomic E-state index is -0.760. The van der Waals surface area contributed by atoms with Gasteiger partial charge in [-0.25, -0.2) is 0 Å². The average molecular weight is 280 g/mol. The monoisotopic (exact) mass is 280 g/mol. The molecule has 0 bridgehead atoms. The molecule has 2 aliphatic heterocycles. The van der Waals surface area contributed by atoms with Crippen molar-refractivity contribution in [3.05, 3.63) is 0 Å². The summed E-state index contributed by atoms with van der Waals surface area (Å²) in [5.41, 5.74) is -0.760. The van der Waals surface area contributed by atoms with Crippen LogP contribution in [0.15, 0.2) is 0 Å². The molecule has 0 radical (unpaired) electrons. The third kappa shape index (κ3) is 2.32. The Labute approximate surface area is 120 Å². The maximum atomic E-state index is 12.9. The molecule has 3 atom stereocenters. The van der Waals surface area contributed by atoms with Crippen LogP contribution in [0.2, 0.25) is 0 Å². The molecule has 2 saturated heterocycles. The number of nitrogens with zero attached hydrogens (tertiary/aromatic N) is 1. The molecule has 112 valence electrons. The van der Waals surface area contributed by atoms with Crippen molar-refractivity contribution in [1.82, 2.24) is 10.2 Å². The van der Waals surface area contributed by atoms with E-state index in [-0.39, 0.29) is 24.0 Å². The molecule has 2 heterocycles. The Hall–Kier alpha value is -1.10. The first-order valence-corrected chi connectivity index (χ1v) is 7.79. The molecule has 0 spiro atoms. The molecule has 3 unspecified atom stereocenters. The smallest absolute Gasteiger partial charge is 0.248 e. The van der Waals surface area contributed by atoms with Crippen LogP contribution >= 0.6 is 0 Å². The summed E-state index contributed by atoms with van der Waals surface area (Å²) < 4.78 is 5.86. The van der Waals surface area contributed by atoms with Gasteiger partial charge in [0.25, 0.3) is 0 Å². The van der Waals surface area contributed by atoms with Gasteiger partial charge in [0.2, 0.25) is 11.8 Å². The largest absolute Gasteiger partial charge is 0.376 e. The average Bonchev–Trinajstić information content (AvgIpc) is 3.18. The second-order valence-electron chi connectivity index (χ2n) is 6.51. The van der Waals surface area contributed by atoms with E-state index in [1.165, 1.54) is 12.8 Å². The van der Waals surface area contributed by atoms with Crippen LogP contribution in [-0.4, -0.2) is 47.6 Å². The summed E-state index contributed by atoms with van der Waals surface area (Å²) in [5.74, 6) is 0.661. The molecular weight excluding hydrogens is 256 g/mol. The van der Waals surface area contributed by atoms with E-state index >= 15 is 0 Å². The summed E-state index contributed by atoms with van der Waals surface area (Å²) in [7, 11) is 0. The van der Waals surface area contributed by atoms with E-state index in [4.69, 9.17) is 4.74 Å². The topological polar surface area (TPSA) is 58.6 Å². The minimum absolute atomic E-state index is 0.0212. The highest BCUT2D eigenvalue weighted by atomic mass is 16.5. The maximum Gasteiger partial charge on any atom is 0.248 e. The fraction of sp³-hybridized carbons (Fsp3) is 0.867. The lowest BCUT2D eigenvalue weighted by Gasteiger charge is -2.36. The van der Waals surface area contributed by atoms with Crippen LogP contribution in [0.5, 0.6) is 0 Å². The molecule has 3 aliphatic rings. The van der Waals surface area contributed by atoms with E-state index < -0.39 is 5.54 Å². The van der Waals surface area contributed by atoms with Crippen molar-refractivity contribution >= 4 is 11.8 Å². The number of hydrogen-bond donors (Lipinski definition) is 1. The molecule has 0 aromatic rings. The molecule has 1 aliphatic carbocycles. The molecule has 2 amide bonds. The van der Waals surface area contributed by atoms with Crippen LogP contribution in [0.4, 0.5) is 0 Å². The van der Waals surface area contributed by atoms with Crippen molar-refractivity contribution < 1.29 is 14.3 Å². The first-order valence-electron chi connectivity index (χ1n) is 7.79. The Balaban J connectivity index is 1.83. The summed E-state index contributed by atoms with van der Waals surface area (Å²) in [6.07, 6.45) is 4.54. The van der Waals surface area contributed by atoms with E-state index in [1.54, 1.807) is 0 Å². The number of carbonyl (C=O) groups excluding carboxylic acids is 2. The zero-order valence-electron chi connectivity index (χ0n) is 12.4. The van der Waals surface area contributed by atoms with Crippen molar-refractivity contribution in [1.29, 1.82) is 0 Å². The van der Waals surface area contributed by atoms with Crippen LogP contribution in [0.3, 0.4) is 0 Å². The Morgan fingerprint density at radius 1 is 1.35 bits per heavy atom. The van der Waals surface area contributed by atoms with Crippen molar-refractivity contribution in [3.63, 3.8) is 0 Å². The predicted molar refractivity (Wildman–Crippen MR) is 74.0 cm³/mol. The van der Waals surface area contributed by atoms with Gasteiger partial charge in [0.15, 0.2) is 0 Å². The van der Waals surface area contributed by atoms with Crippen LogP contribution in [0.1, 0.15) is 46.0 Å². The maximum absolute atomic E-state index is 12.9. The summed E-state index contributed by atoms with van der Waals surface area (Å²) >= 11 is 0. The summed E-state index contributed by atoms with van der Waals surface area (Å²) in [6.45, 7) is 5.05. The van der Waals surface area contributed by atoms with Gasteiger partial charge in [-0.05, 0) is 38.5 Å². The number of hydrogen-bond acceptors (Lipinski definition) is 3. The van der Waals surface area contributed by atoms with Crippen molar-refractivity contribution in [2.45, 2.75) is 63.6 Å². The molecule has 3 rings (SSSR count). The normalized spacial score (nSPS) is 38.8. The van der Waals surface area contributed by atoms with Gasteiger partial charge in [-0.15, -0.1) is 0 Å². The quantitative estimate of drug-likeness (QED) is 0.841. The van der Waals surface area contributed by atoms with Crippen LogP contribution in [-0.2, 0) is 14.3 Å². The zero-order valence-corrected chi connectivity index (χ0v) is 12.4. The molecular formula is C15H24N2O3. The van der Waals surface area contributed by atoms with Gasteiger partial charge in [0.05, 0.1) is 12.1 Å². The SMILES string of the molecule is CCC1(C)NC(=O)CCN(C2CCOC2C2CC2)C1=O. The van der Waals surface area contributed by atoms with Crippen LogP contribution in [0.25, 0.3) is 0 Å². The van der Waals surface area contributed by atoms with Crippen molar-refractivity contribution in [2.24, 2.45) is 5.92 Å². The van der Waals surface area contributed by atoms with Crippen molar-refractivity contribution in [3.8, 4) is 0 Å². The molecule has 20 heavy (non-hydrogen) atoms. The van der Waals surface area contributed by atoms with Gasteiger partial charge >= 0.3 is 0 Å². The lowest BCUT2D eigenvalue weighted by molar-refractivity contribution is -0.141. The molecule has 1 N–H and O–H groups in total. The number of rotatable bonds is 3. The minimum Gasteiger partial charge on any atom is -0.376 e. The molecule has 0 aromatic heterocycles. The lowest BCUT2D eigenvalue weighted by Crippen LogP contribution is -2.57. The Bertz CT molecular complexity index is 421. The lowest BCUT2D eigenvalue weighted by atomic mass is 9.95. The molecule has 1 saturated carbocycles. The van der Waals surface area contributed by atoms with E-state index in [1.807, 2.05) is 18.7 Å². The standard InChI is InChI=1S/C15H24N2O3/c1-3-15(2)14(19)17(8-6-12(18)16-15)11-7-9-20-13(11)10-4-5-10/h10-11,13H,3-9H2,1-2H3,(H,16,18). The Morgan fingerprint density at radius 2 is 2.10 bits per heavy atom. The highest BCUT2D eigenvalue weighted by Gasteiger charge is 2.48. The van der Waals surface area contributed by atoms with E-state index in [0.717, 1.165) is 13.0 Å². The Kier molecular flexibility index (Phi) is 3.48. The molecule has 5 heteroatoms. The number of nitrogens with one attached hydrogen (secondary N) is 1. The van der Waals surface area contributed by atoms with Gasteiger partial charge in [0, 0.05) is 19.6 Å². The predicted octanol–water partition coefficient (Wildman–Crippen LogP) is 1.07. The molecule has 0 aromatic carbocycles. The summed E-state index contributed by atoms with van der Waals surface area (Å²) in [4.78, 5) is 26.7. The highest BCUT2D eigenvalue weighted by molar-refractivity contribution is 5.93. The summed E-state index contributed by atoms with van der Waals surface area (Å²) in [5, 5.41) is 2.90. The first-order chi connectivity index (χ1) is 9.55. The molecule has 3 fully saturated rings. The zero-order chi connectivity index (χ0) is 14.3. The Morgan fingerprint density at radius 3 is 2.75 bits per heavy atom. The fourth-order valence-corrected chi connectivity index (χ4v) is 3.43. The van der Waals surface area contributed by atoms with Gasteiger partial charge in [-0.2, -0.15) is 0 Å². The van der Waals surface area contributed by atoms with Crippen LogP contribution < -0.4 is 5.32 Å². The van der Waals surface area contributed by atoms with Crippen LogP contribution in [0, 0.1) is 5.92 Å².